The number of hydrogen-bond donors (Lipinski definition) is 0. The second kappa shape index (κ2) is 5.41. The summed E-state index contributed by atoms with van der Waals surface area (Å²) in [7, 11) is 2.11. The maximum Gasteiger partial charge on any atom is 0.0638 e. The predicted molar refractivity (Wildman–Crippen MR) is 74.8 cm³/mol. The molecule has 1 aliphatic rings. The number of piperazine rings is 1. The maximum absolute atomic E-state index is 8.90. The van der Waals surface area contributed by atoms with Crippen molar-refractivity contribution in [3.05, 3.63) is 29.3 Å². The van der Waals surface area contributed by atoms with Crippen LogP contribution < -0.4 is 4.90 Å². The average Bonchev–Trinajstić information content (AvgIpc) is 2.36. The number of nitriles is 1. The van der Waals surface area contributed by atoms with Crippen LogP contribution in [0, 0.1) is 25.2 Å². The molecule has 0 bridgehead atoms. The number of aryl methyl sites for hydroxylation is 1. The molecule has 0 spiro atoms. The Bertz CT molecular complexity index is 461. The summed E-state index contributed by atoms with van der Waals surface area (Å²) in [5.41, 5.74) is 4.02. The molecule has 0 aliphatic carbocycles. The summed E-state index contributed by atoms with van der Waals surface area (Å²) in [5, 5.41) is 8.90. The number of hydrogen-bond acceptors (Lipinski definition) is 3. The topological polar surface area (TPSA) is 30.3 Å². The summed E-state index contributed by atoms with van der Waals surface area (Å²) < 4.78 is 0. The molecule has 1 saturated heterocycles. The SMILES string of the molecule is Cc1cccc(N2CCN(C)C(CC#N)C2)c1C. The Labute approximate surface area is 110 Å². The van der Waals surface area contributed by atoms with Crippen LogP contribution in [-0.2, 0) is 0 Å². The van der Waals surface area contributed by atoms with Crippen LogP contribution in [0.15, 0.2) is 18.2 Å². The highest BCUT2D eigenvalue weighted by Gasteiger charge is 2.24. The highest BCUT2D eigenvalue weighted by Crippen LogP contribution is 2.25. The molecule has 1 unspecified atom stereocenters. The van der Waals surface area contributed by atoms with E-state index in [1.165, 1.54) is 16.8 Å². The summed E-state index contributed by atoms with van der Waals surface area (Å²) in [5.74, 6) is 0. The minimum atomic E-state index is 0.351. The van der Waals surface area contributed by atoms with E-state index < -0.39 is 0 Å². The van der Waals surface area contributed by atoms with E-state index in [2.05, 4.69) is 55.0 Å². The molecule has 1 aromatic rings. The molecule has 3 nitrogen and oxygen atoms in total. The van der Waals surface area contributed by atoms with Gasteiger partial charge >= 0.3 is 0 Å². The van der Waals surface area contributed by atoms with Gasteiger partial charge in [-0.1, -0.05) is 12.1 Å². The zero-order valence-electron chi connectivity index (χ0n) is 11.5. The third kappa shape index (κ3) is 2.49. The number of likely N-dealkylation sites (N-methyl/N-ethyl adjacent to an activating group) is 1. The number of anilines is 1. The first kappa shape index (κ1) is 12.9. The summed E-state index contributed by atoms with van der Waals surface area (Å²) in [6.45, 7) is 7.36. The van der Waals surface area contributed by atoms with Crippen LogP contribution in [0.4, 0.5) is 5.69 Å². The molecule has 1 fully saturated rings. The number of benzene rings is 1. The lowest BCUT2D eigenvalue weighted by Crippen LogP contribution is -2.51. The van der Waals surface area contributed by atoms with Crippen molar-refractivity contribution in [3.63, 3.8) is 0 Å². The average molecular weight is 243 g/mol. The van der Waals surface area contributed by atoms with Crippen LogP contribution in [0.3, 0.4) is 0 Å². The molecule has 1 heterocycles. The van der Waals surface area contributed by atoms with E-state index in [1.807, 2.05) is 0 Å². The van der Waals surface area contributed by atoms with Crippen molar-refractivity contribution in [3.8, 4) is 6.07 Å². The van der Waals surface area contributed by atoms with E-state index in [0.29, 0.717) is 12.5 Å². The van der Waals surface area contributed by atoms with E-state index in [-0.39, 0.29) is 0 Å². The molecule has 18 heavy (non-hydrogen) atoms. The third-order valence-electron chi connectivity index (χ3n) is 4.02. The van der Waals surface area contributed by atoms with Crippen molar-refractivity contribution < 1.29 is 0 Å². The van der Waals surface area contributed by atoms with Crippen LogP contribution in [0.1, 0.15) is 17.5 Å². The molecule has 0 aromatic heterocycles. The minimum absolute atomic E-state index is 0.351. The molecule has 1 aromatic carbocycles. The second-order valence-electron chi connectivity index (χ2n) is 5.16. The molecule has 0 saturated carbocycles. The molecule has 0 amide bonds. The Morgan fingerprint density at radius 1 is 1.33 bits per heavy atom. The van der Waals surface area contributed by atoms with E-state index in [9.17, 15) is 0 Å². The molecule has 96 valence electrons. The highest BCUT2D eigenvalue weighted by molar-refractivity contribution is 5.56. The summed E-state index contributed by atoms with van der Waals surface area (Å²) in [4.78, 5) is 4.72. The van der Waals surface area contributed by atoms with Gasteiger partial charge in [-0.15, -0.1) is 0 Å². The van der Waals surface area contributed by atoms with Gasteiger partial charge in [0.2, 0.25) is 0 Å². The first-order valence-corrected chi connectivity index (χ1v) is 6.52. The van der Waals surface area contributed by atoms with Crippen molar-refractivity contribution in [2.24, 2.45) is 0 Å². The van der Waals surface area contributed by atoms with Gasteiger partial charge in [0.15, 0.2) is 0 Å². The van der Waals surface area contributed by atoms with Crippen LogP contribution >= 0.6 is 0 Å². The second-order valence-corrected chi connectivity index (χ2v) is 5.16. The molecule has 2 rings (SSSR count). The molecular formula is C15H21N3. The molecule has 1 atom stereocenters. The third-order valence-corrected chi connectivity index (χ3v) is 4.02. The van der Waals surface area contributed by atoms with Crippen LogP contribution in [0.25, 0.3) is 0 Å². The molecule has 1 aliphatic heterocycles. The molecular weight excluding hydrogens is 222 g/mol. The fourth-order valence-electron chi connectivity index (χ4n) is 2.57. The van der Waals surface area contributed by atoms with Gasteiger partial charge in [0.1, 0.15) is 0 Å². The summed E-state index contributed by atoms with van der Waals surface area (Å²) >= 11 is 0. The van der Waals surface area contributed by atoms with Gasteiger partial charge in [0.05, 0.1) is 12.5 Å². The van der Waals surface area contributed by atoms with Gasteiger partial charge in [-0.3, -0.25) is 4.90 Å². The summed E-state index contributed by atoms with van der Waals surface area (Å²) in [6.07, 6.45) is 0.609. The Morgan fingerprint density at radius 2 is 2.11 bits per heavy atom. The lowest BCUT2D eigenvalue weighted by atomic mass is 10.0. The van der Waals surface area contributed by atoms with E-state index in [4.69, 9.17) is 5.26 Å². The first-order chi connectivity index (χ1) is 8.63. The summed E-state index contributed by atoms with van der Waals surface area (Å²) in [6, 6.07) is 9.11. The quantitative estimate of drug-likeness (QED) is 0.798. The Balaban J connectivity index is 2.19. The van der Waals surface area contributed by atoms with Crippen LogP contribution in [0.2, 0.25) is 0 Å². The molecule has 3 heteroatoms. The first-order valence-electron chi connectivity index (χ1n) is 6.52. The smallest absolute Gasteiger partial charge is 0.0638 e. The van der Waals surface area contributed by atoms with Crippen molar-refractivity contribution in [2.45, 2.75) is 26.3 Å². The standard InChI is InChI=1S/C15H21N3/c1-12-5-4-6-15(13(12)2)18-10-9-17(3)14(11-18)7-8-16/h4-6,14H,7,9-11H2,1-3H3. The van der Waals surface area contributed by atoms with E-state index >= 15 is 0 Å². The minimum Gasteiger partial charge on any atom is -0.368 e. The highest BCUT2D eigenvalue weighted by atomic mass is 15.3. The normalized spacial score (nSPS) is 20.8. The zero-order valence-corrected chi connectivity index (χ0v) is 11.5. The monoisotopic (exact) mass is 243 g/mol. The van der Waals surface area contributed by atoms with Crippen molar-refractivity contribution in [1.82, 2.24) is 4.90 Å². The van der Waals surface area contributed by atoms with Gasteiger partial charge in [0.25, 0.3) is 0 Å². The fraction of sp³-hybridized carbons (Fsp3) is 0.533. The predicted octanol–water partition coefficient (Wildman–Crippen LogP) is 2.34. The number of rotatable bonds is 2. The lowest BCUT2D eigenvalue weighted by Gasteiger charge is -2.40. The van der Waals surface area contributed by atoms with Gasteiger partial charge in [-0.2, -0.15) is 5.26 Å². The fourth-order valence-corrected chi connectivity index (χ4v) is 2.57. The van der Waals surface area contributed by atoms with Gasteiger partial charge < -0.3 is 4.90 Å². The van der Waals surface area contributed by atoms with Gasteiger partial charge in [-0.25, -0.2) is 0 Å². The Morgan fingerprint density at radius 3 is 2.83 bits per heavy atom. The number of nitrogens with zero attached hydrogens (tertiary/aromatic N) is 3. The largest absolute Gasteiger partial charge is 0.368 e. The van der Waals surface area contributed by atoms with Gasteiger partial charge in [0, 0.05) is 31.4 Å². The lowest BCUT2D eigenvalue weighted by molar-refractivity contribution is 0.221. The molecule has 0 radical (unpaired) electrons. The molecule has 0 N–H and O–H groups in total. The van der Waals surface area contributed by atoms with E-state index in [0.717, 1.165) is 19.6 Å². The van der Waals surface area contributed by atoms with Crippen LogP contribution in [-0.4, -0.2) is 37.6 Å². The zero-order chi connectivity index (χ0) is 13.1. The van der Waals surface area contributed by atoms with Crippen LogP contribution in [0.5, 0.6) is 0 Å². The Kier molecular flexibility index (Phi) is 3.88. The Hall–Kier alpha value is -1.53. The van der Waals surface area contributed by atoms with Crippen molar-refractivity contribution in [1.29, 1.82) is 5.26 Å². The maximum atomic E-state index is 8.90. The van der Waals surface area contributed by atoms with Gasteiger partial charge in [-0.05, 0) is 38.1 Å². The van der Waals surface area contributed by atoms with Crippen molar-refractivity contribution >= 4 is 5.69 Å². The van der Waals surface area contributed by atoms with Crippen molar-refractivity contribution in [2.75, 3.05) is 31.6 Å². The van der Waals surface area contributed by atoms with E-state index in [1.54, 1.807) is 0 Å².